The second-order valence-electron chi connectivity index (χ2n) is 8.68. The summed E-state index contributed by atoms with van der Waals surface area (Å²) in [5, 5.41) is 0. The van der Waals surface area contributed by atoms with Crippen LogP contribution in [-0.2, 0) is 11.3 Å². The van der Waals surface area contributed by atoms with Crippen LogP contribution in [0, 0.1) is 0 Å². The maximum Gasteiger partial charge on any atom is 0.132 e. The highest BCUT2D eigenvalue weighted by Gasteiger charge is 2.23. The van der Waals surface area contributed by atoms with Crippen molar-refractivity contribution in [1.82, 2.24) is 19.4 Å². The second kappa shape index (κ2) is 11.8. The molecule has 1 aromatic carbocycles. The SMILES string of the molecule is CC(Cn1ccnc1C(COC(Cl)CCN(C)C)c1ccccc1)N1CCCCC1. The van der Waals surface area contributed by atoms with Crippen molar-refractivity contribution < 1.29 is 4.74 Å². The van der Waals surface area contributed by atoms with E-state index in [1.807, 2.05) is 12.3 Å². The monoisotopic (exact) mass is 432 g/mol. The van der Waals surface area contributed by atoms with E-state index in [0.29, 0.717) is 12.6 Å². The lowest BCUT2D eigenvalue weighted by atomic mass is 9.99. The summed E-state index contributed by atoms with van der Waals surface area (Å²) in [6.07, 6.45) is 8.81. The smallest absolute Gasteiger partial charge is 0.132 e. The molecule has 0 N–H and O–H groups in total. The van der Waals surface area contributed by atoms with Gasteiger partial charge in [-0.2, -0.15) is 0 Å². The molecule has 0 bridgehead atoms. The molecule has 0 spiro atoms. The standard InChI is InChI=1S/C24H37ClN4O/c1-20(28-14-8-5-9-15-28)18-29-17-13-26-24(29)22(21-10-6-4-7-11-21)19-30-23(25)12-16-27(2)3/h4,6-7,10-11,13,17,20,22-23H,5,8-9,12,14-16,18-19H2,1-3H3. The average molecular weight is 433 g/mol. The highest BCUT2D eigenvalue weighted by Crippen LogP contribution is 2.26. The minimum Gasteiger partial charge on any atom is -0.361 e. The van der Waals surface area contributed by atoms with Gasteiger partial charge in [-0.1, -0.05) is 48.4 Å². The molecule has 3 unspecified atom stereocenters. The van der Waals surface area contributed by atoms with Gasteiger partial charge in [-0.3, -0.25) is 4.90 Å². The summed E-state index contributed by atoms with van der Waals surface area (Å²) in [7, 11) is 4.10. The van der Waals surface area contributed by atoms with Crippen molar-refractivity contribution in [2.75, 3.05) is 40.3 Å². The highest BCUT2D eigenvalue weighted by atomic mass is 35.5. The van der Waals surface area contributed by atoms with E-state index in [1.54, 1.807) is 0 Å². The van der Waals surface area contributed by atoms with E-state index in [0.717, 1.165) is 25.3 Å². The molecule has 1 fully saturated rings. The van der Waals surface area contributed by atoms with Crippen molar-refractivity contribution in [3.05, 3.63) is 54.1 Å². The summed E-state index contributed by atoms with van der Waals surface area (Å²) < 4.78 is 8.39. The van der Waals surface area contributed by atoms with Crippen LogP contribution in [0.2, 0.25) is 0 Å². The van der Waals surface area contributed by atoms with E-state index >= 15 is 0 Å². The molecule has 5 nitrogen and oxygen atoms in total. The molecule has 3 rings (SSSR count). The zero-order valence-electron chi connectivity index (χ0n) is 18.7. The average Bonchev–Trinajstić information content (AvgIpc) is 3.21. The third-order valence-corrected chi connectivity index (χ3v) is 6.33. The summed E-state index contributed by atoms with van der Waals surface area (Å²) >= 11 is 6.46. The van der Waals surface area contributed by atoms with Crippen molar-refractivity contribution in [2.45, 2.75) is 56.7 Å². The lowest BCUT2D eigenvalue weighted by Crippen LogP contribution is -2.40. The summed E-state index contributed by atoms with van der Waals surface area (Å²) in [4.78, 5) is 9.49. The Morgan fingerprint density at radius 2 is 1.87 bits per heavy atom. The van der Waals surface area contributed by atoms with Crippen LogP contribution in [0.1, 0.15) is 49.9 Å². The number of benzene rings is 1. The molecule has 0 aliphatic carbocycles. The fourth-order valence-electron chi connectivity index (χ4n) is 4.19. The van der Waals surface area contributed by atoms with Gasteiger partial charge < -0.3 is 14.2 Å². The first-order chi connectivity index (χ1) is 14.5. The summed E-state index contributed by atoms with van der Waals surface area (Å²) in [6.45, 7) is 7.13. The van der Waals surface area contributed by atoms with Gasteiger partial charge in [0.25, 0.3) is 0 Å². The molecular formula is C24H37ClN4O. The van der Waals surface area contributed by atoms with Crippen LogP contribution in [-0.4, -0.2) is 71.3 Å². The third kappa shape index (κ3) is 6.81. The molecule has 1 aromatic heterocycles. The quantitative estimate of drug-likeness (QED) is 0.492. The van der Waals surface area contributed by atoms with Gasteiger partial charge >= 0.3 is 0 Å². The number of likely N-dealkylation sites (tertiary alicyclic amines) is 1. The van der Waals surface area contributed by atoms with Crippen molar-refractivity contribution in [3.8, 4) is 0 Å². The normalized spacial score (nSPS) is 18.4. The van der Waals surface area contributed by atoms with E-state index in [9.17, 15) is 0 Å². The summed E-state index contributed by atoms with van der Waals surface area (Å²) in [5.74, 6) is 1.12. The maximum absolute atomic E-state index is 6.46. The predicted molar refractivity (Wildman–Crippen MR) is 124 cm³/mol. The van der Waals surface area contributed by atoms with Gasteiger partial charge in [-0.15, -0.1) is 0 Å². The van der Waals surface area contributed by atoms with Gasteiger partial charge in [-0.05, 0) is 52.5 Å². The van der Waals surface area contributed by atoms with Crippen LogP contribution < -0.4 is 0 Å². The molecule has 30 heavy (non-hydrogen) atoms. The fraction of sp³-hybridized carbons (Fsp3) is 0.625. The number of imidazole rings is 1. The molecule has 0 amide bonds. The largest absolute Gasteiger partial charge is 0.361 e. The van der Waals surface area contributed by atoms with Gasteiger partial charge in [0.1, 0.15) is 11.4 Å². The maximum atomic E-state index is 6.46. The number of hydrogen-bond acceptors (Lipinski definition) is 4. The first kappa shape index (κ1) is 23.3. The number of hydrogen-bond donors (Lipinski definition) is 0. The Balaban J connectivity index is 1.71. The van der Waals surface area contributed by atoms with E-state index in [1.165, 1.54) is 37.9 Å². The van der Waals surface area contributed by atoms with Crippen molar-refractivity contribution in [3.63, 3.8) is 0 Å². The molecule has 166 valence electrons. The molecule has 3 atom stereocenters. The number of halogens is 1. The van der Waals surface area contributed by atoms with E-state index in [4.69, 9.17) is 21.3 Å². The molecule has 1 aliphatic rings. The summed E-state index contributed by atoms with van der Waals surface area (Å²) in [6, 6.07) is 11.0. The van der Waals surface area contributed by atoms with Crippen molar-refractivity contribution >= 4 is 11.6 Å². The Morgan fingerprint density at radius 3 is 2.57 bits per heavy atom. The molecule has 1 aliphatic heterocycles. The van der Waals surface area contributed by atoms with Crippen LogP contribution in [0.5, 0.6) is 0 Å². The molecule has 2 heterocycles. The van der Waals surface area contributed by atoms with Crippen molar-refractivity contribution in [1.29, 1.82) is 0 Å². The molecule has 6 heteroatoms. The Morgan fingerprint density at radius 1 is 1.13 bits per heavy atom. The highest BCUT2D eigenvalue weighted by molar-refractivity contribution is 6.19. The van der Waals surface area contributed by atoms with Crippen LogP contribution >= 0.6 is 11.6 Å². The van der Waals surface area contributed by atoms with Crippen LogP contribution in [0.15, 0.2) is 42.7 Å². The Hall–Kier alpha value is -1.40. The van der Waals surface area contributed by atoms with Gasteiger partial charge in [-0.25, -0.2) is 4.98 Å². The Labute approximate surface area is 187 Å². The molecule has 2 aromatic rings. The second-order valence-corrected chi connectivity index (χ2v) is 9.17. The molecule has 0 radical (unpaired) electrons. The van der Waals surface area contributed by atoms with Crippen LogP contribution in [0.4, 0.5) is 0 Å². The lowest BCUT2D eigenvalue weighted by molar-refractivity contribution is 0.0882. The van der Waals surface area contributed by atoms with E-state index in [-0.39, 0.29) is 11.5 Å². The first-order valence-corrected chi connectivity index (χ1v) is 11.7. The van der Waals surface area contributed by atoms with Gasteiger partial charge in [0.15, 0.2) is 0 Å². The number of nitrogens with zero attached hydrogens (tertiary/aromatic N) is 4. The zero-order valence-corrected chi connectivity index (χ0v) is 19.5. The van der Waals surface area contributed by atoms with Crippen LogP contribution in [0.25, 0.3) is 0 Å². The van der Waals surface area contributed by atoms with E-state index in [2.05, 4.69) is 65.8 Å². The lowest BCUT2D eigenvalue weighted by Gasteiger charge is -2.33. The number of aromatic nitrogens is 2. The predicted octanol–water partition coefficient (Wildman–Crippen LogP) is 4.42. The number of rotatable bonds is 11. The van der Waals surface area contributed by atoms with Gasteiger partial charge in [0, 0.05) is 37.9 Å². The van der Waals surface area contributed by atoms with Gasteiger partial charge in [0.2, 0.25) is 0 Å². The number of ether oxygens (including phenoxy) is 1. The van der Waals surface area contributed by atoms with Gasteiger partial charge in [0.05, 0.1) is 12.5 Å². The zero-order chi connectivity index (χ0) is 21.3. The first-order valence-electron chi connectivity index (χ1n) is 11.2. The molecule has 0 saturated carbocycles. The number of alkyl halides is 1. The minimum absolute atomic E-state index is 0.0651. The molecular weight excluding hydrogens is 396 g/mol. The minimum atomic E-state index is -0.297. The molecule has 1 saturated heterocycles. The van der Waals surface area contributed by atoms with Crippen molar-refractivity contribution in [2.24, 2.45) is 0 Å². The van der Waals surface area contributed by atoms with E-state index < -0.39 is 0 Å². The fourth-order valence-corrected chi connectivity index (χ4v) is 4.36. The Kier molecular flexibility index (Phi) is 9.19. The Bertz CT molecular complexity index is 730. The summed E-state index contributed by atoms with van der Waals surface area (Å²) in [5.41, 5.74) is 0.918. The topological polar surface area (TPSA) is 33.5 Å². The third-order valence-electron chi connectivity index (χ3n) is 5.98. The van der Waals surface area contributed by atoms with Crippen LogP contribution in [0.3, 0.4) is 0 Å². The number of piperidine rings is 1.